The van der Waals surface area contributed by atoms with Crippen LogP contribution >= 0.6 is 0 Å². The number of rotatable bonds is 3. The van der Waals surface area contributed by atoms with Gasteiger partial charge in [-0.25, -0.2) is 13.4 Å². The largest absolute Gasteiger partial charge is 0.396 e. The third-order valence-electron chi connectivity index (χ3n) is 4.55. The first-order valence-corrected chi connectivity index (χ1v) is 8.77. The Morgan fingerprint density at radius 3 is 2.65 bits per heavy atom. The molecular formula is C14H21N3O2S. The summed E-state index contributed by atoms with van der Waals surface area (Å²) in [7, 11) is -3.56. The van der Waals surface area contributed by atoms with E-state index in [1.165, 1.54) is 19.0 Å². The van der Waals surface area contributed by atoms with Crippen LogP contribution in [-0.4, -0.2) is 30.3 Å². The molecule has 0 amide bonds. The van der Waals surface area contributed by atoms with Gasteiger partial charge in [0, 0.05) is 18.8 Å². The van der Waals surface area contributed by atoms with Crippen LogP contribution in [0.5, 0.6) is 0 Å². The molecule has 1 aliphatic carbocycles. The molecule has 0 spiro atoms. The summed E-state index contributed by atoms with van der Waals surface area (Å²) >= 11 is 0. The maximum atomic E-state index is 12.8. The van der Waals surface area contributed by atoms with Crippen LogP contribution in [0.1, 0.15) is 38.5 Å². The van der Waals surface area contributed by atoms with Gasteiger partial charge in [-0.15, -0.1) is 0 Å². The molecule has 110 valence electrons. The molecule has 2 aliphatic rings. The Labute approximate surface area is 120 Å². The van der Waals surface area contributed by atoms with Gasteiger partial charge in [-0.1, -0.05) is 12.8 Å². The minimum absolute atomic E-state index is 0.0184. The van der Waals surface area contributed by atoms with Gasteiger partial charge in [0.25, 0.3) is 10.0 Å². The maximum Gasteiger partial charge on any atom is 0.262 e. The van der Waals surface area contributed by atoms with Crippen molar-refractivity contribution in [2.75, 3.05) is 12.3 Å². The second-order valence-electron chi connectivity index (χ2n) is 5.77. The molecule has 6 heteroatoms. The van der Waals surface area contributed by atoms with Crippen LogP contribution in [0.3, 0.4) is 0 Å². The van der Waals surface area contributed by atoms with E-state index >= 15 is 0 Å². The predicted molar refractivity (Wildman–Crippen MR) is 77.5 cm³/mol. The number of nitrogens with zero attached hydrogens (tertiary/aromatic N) is 2. The van der Waals surface area contributed by atoms with Crippen LogP contribution in [0.15, 0.2) is 23.4 Å². The molecule has 3 rings (SSSR count). The number of nitrogen functional groups attached to an aromatic ring is 1. The van der Waals surface area contributed by atoms with E-state index in [1.54, 1.807) is 16.4 Å². The van der Waals surface area contributed by atoms with E-state index in [9.17, 15) is 8.42 Å². The third-order valence-corrected chi connectivity index (χ3v) is 6.45. The summed E-state index contributed by atoms with van der Waals surface area (Å²) in [5.41, 5.74) is 6.05. The van der Waals surface area contributed by atoms with E-state index in [0.717, 1.165) is 25.7 Å². The topological polar surface area (TPSA) is 76.3 Å². The van der Waals surface area contributed by atoms with Crippen molar-refractivity contribution in [3.8, 4) is 0 Å². The van der Waals surface area contributed by atoms with Crippen molar-refractivity contribution >= 4 is 15.7 Å². The van der Waals surface area contributed by atoms with Crippen molar-refractivity contribution < 1.29 is 8.42 Å². The van der Waals surface area contributed by atoms with Crippen LogP contribution in [-0.2, 0) is 10.0 Å². The highest BCUT2D eigenvalue weighted by Crippen LogP contribution is 2.38. The van der Waals surface area contributed by atoms with Crippen molar-refractivity contribution in [3.63, 3.8) is 0 Å². The standard InChI is InChI=1S/C14H21N3O2S/c15-12-7-3-9-16-14(12)20(18,19)17-10-4-8-13(17)11-5-1-2-6-11/h3,7,9,11,13H,1-2,4-6,8,10,15H2. The lowest BCUT2D eigenvalue weighted by atomic mass is 9.97. The molecule has 1 aromatic heterocycles. The van der Waals surface area contributed by atoms with E-state index in [0.29, 0.717) is 12.5 Å². The molecule has 1 unspecified atom stereocenters. The van der Waals surface area contributed by atoms with Gasteiger partial charge >= 0.3 is 0 Å². The van der Waals surface area contributed by atoms with E-state index in [2.05, 4.69) is 4.98 Å². The number of nitrogens with two attached hydrogens (primary N) is 1. The van der Waals surface area contributed by atoms with Gasteiger partial charge < -0.3 is 5.73 Å². The molecule has 0 radical (unpaired) electrons. The molecule has 1 aromatic rings. The molecule has 5 nitrogen and oxygen atoms in total. The first kappa shape index (κ1) is 13.8. The van der Waals surface area contributed by atoms with Gasteiger partial charge in [0.05, 0.1) is 5.69 Å². The average Bonchev–Trinajstić information content (AvgIpc) is 3.10. The summed E-state index contributed by atoms with van der Waals surface area (Å²) in [6, 6.07) is 3.40. The molecule has 1 atom stereocenters. The summed E-state index contributed by atoms with van der Waals surface area (Å²) in [6.07, 6.45) is 8.14. The Morgan fingerprint density at radius 2 is 1.95 bits per heavy atom. The molecule has 0 bridgehead atoms. The van der Waals surface area contributed by atoms with Crippen LogP contribution in [0, 0.1) is 5.92 Å². The SMILES string of the molecule is Nc1cccnc1S(=O)(=O)N1CCCC1C1CCCC1. The average molecular weight is 295 g/mol. The molecule has 0 aromatic carbocycles. The number of aromatic nitrogens is 1. The van der Waals surface area contributed by atoms with Crippen molar-refractivity contribution in [1.82, 2.24) is 9.29 Å². The summed E-state index contributed by atoms with van der Waals surface area (Å²) in [5, 5.41) is 0.0184. The highest BCUT2D eigenvalue weighted by Gasteiger charge is 2.41. The second kappa shape index (κ2) is 5.33. The minimum Gasteiger partial charge on any atom is -0.396 e. The Balaban J connectivity index is 1.92. The lowest BCUT2D eigenvalue weighted by Crippen LogP contribution is -2.40. The van der Waals surface area contributed by atoms with Gasteiger partial charge in [0.2, 0.25) is 0 Å². The van der Waals surface area contributed by atoms with Gasteiger partial charge in [0.1, 0.15) is 0 Å². The smallest absolute Gasteiger partial charge is 0.262 e. The fraction of sp³-hybridized carbons (Fsp3) is 0.643. The van der Waals surface area contributed by atoms with E-state index < -0.39 is 10.0 Å². The highest BCUT2D eigenvalue weighted by atomic mass is 32.2. The Hall–Kier alpha value is -1.14. The number of pyridine rings is 1. The van der Waals surface area contributed by atoms with Crippen LogP contribution in [0.25, 0.3) is 0 Å². The van der Waals surface area contributed by atoms with Gasteiger partial charge in [-0.05, 0) is 43.7 Å². The van der Waals surface area contributed by atoms with Gasteiger partial charge in [-0.3, -0.25) is 0 Å². The van der Waals surface area contributed by atoms with E-state index in [-0.39, 0.29) is 16.8 Å². The quantitative estimate of drug-likeness (QED) is 0.925. The van der Waals surface area contributed by atoms with E-state index in [4.69, 9.17) is 5.73 Å². The Bertz CT molecular complexity index is 582. The molecule has 2 fully saturated rings. The molecule has 2 N–H and O–H groups in total. The van der Waals surface area contributed by atoms with Gasteiger partial charge in [-0.2, -0.15) is 4.31 Å². The van der Waals surface area contributed by atoms with Crippen LogP contribution in [0.4, 0.5) is 5.69 Å². The summed E-state index contributed by atoms with van der Waals surface area (Å²) in [6.45, 7) is 0.597. The van der Waals surface area contributed by atoms with Crippen molar-refractivity contribution in [2.24, 2.45) is 5.92 Å². The maximum absolute atomic E-state index is 12.8. The predicted octanol–water partition coefficient (Wildman–Crippen LogP) is 2.01. The fourth-order valence-corrected chi connectivity index (χ4v) is 5.39. The number of hydrogen-bond donors (Lipinski definition) is 1. The van der Waals surface area contributed by atoms with Crippen molar-refractivity contribution in [2.45, 2.75) is 49.6 Å². The summed E-state index contributed by atoms with van der Waals surface area (Å²) < 4.78 is 27.3. The normalized spacial score (nSPS) is 25.3. The molecule has 2 heterocycles. The van der Waals surface area contributed by atoms with Crippen LogP contribution < -0.4 is 5.73 Å². The lowest BCUT2D eigenvalue weighted by Gasteiger charge is -2.28. The number of sulfonamides is 1. The molecule has 1 saturated carbocycles. The molecular weight excluding hydrogens is 274 g/mol. The molecule has 1 aliphatic heterocycles. The molecule has 1 saturated heterocycles. The zero-order valence-corrected chi connectivity index (χ0v) is 12.3. The first-order valence-electron chi connectivity index (χ1n) is 7.33. The van der Waals surface area contributed by atoms with Gasteiger partial charge in [0.15, 0.2) is 5.03 Å². The minimum atomic E-state index is -3.56. The van der Waals surface area contributed by atoms with Crippen LogP contribution in [0.2, 0.25) is 0 Å². The third kappa shape index (κ3) is 2.31. The monoisotopic (exact) mass is 295 g/mol. The summed E-state index contributed by atoms with van der Waals surface area (Å²) in [5.74, 6) is 0.511. The lowest BCUT2D eigenvalue weighted by molar-refractivity contribution is 0.288. The highest BCUT2D eigenvalue weighted by molar-refractivity contribution is 7.89. The van der Waals surface area contributed by atoms with Crippen molar-refractivity contribution in [3.05, 3.63) is 18.3 Å². The number of anilines is 1. The van der Waals surface area contributed by atoms with Crippen molar-refractivity contribution in [1.29, 1.82) is 0 Å². The number of hydrogen-bond acceptors (Lipinski definition) is 4. The first-order chi connectivity index (χ1) is 9.60. The van der Waals surface area contributed by atoms with E-state index in [1.807, 2.05) is 0 Å². The zero-order chi connectivity index (χ0) is 14.2. The Morgan fingerprint density at radius 1 is 1.20 bits per heavy atom. The second-order valence-corrected chi connectivity index (χ2v) is 7.57. The zero-order valence-electron chi connectivity index (χ0n) is 11.5. The summed E-state index contributed by atoms with van der Waals surface area (Å²) in [4.78, 5) is 4.00. The molecule has 20 heavy (non-hydrogen) atoms. The Kier molecular flexibility index (Phi) is 3.69. The fourth-order valence-electron chi connectivity index (χ4n) is 3.61.